The maximum Gasteiger partial charge on any atom is 0.143 e. The third kappa shape index (κ3) is 2.91. The number of nitrogens with two attached hydrogens (primary N) is 2. The van der Waals surface area contributed by atoms with Crippen molar-refractivity contribution in [3.8, 4) is 0 Å². The quantitative estimate of drug-likeness (QED) is 0.569. The molecule has 0 rings (SSSR count). The maximum absolute atomic E-state index is 12.5. The van der Waals surface area contributed by atoms with E-state index in [0.29, 0.717) is 0 Å². The lowest BCUT2D eigenvalue weighted by Crippen LogP contribution is -1.96. The minimum absolute atomic E-state index is 0.116. The Bertz CT molecular complexity index is 188. The van der Waals surface area contributed by atoms with Crippen LogP contribution in [0.4, 0.5) is 4.39 Å². The van der Waals surface area contributed by atoms with E-state index >= 15 is 0 Å². The second kappa shape index (κ2) is 3.71. The second-order valence-electron chi connectivity index (χ2n) is 1.88. The van der Waals surface area contributed by atoms with Gasteiger partial charge in [0.05, 0.1) is 0 Å². The van der Waals surface area contributed by atoms with Gasteiger partial charge in [-0.15, -0.1) is 0 Å². The smallest absolute Gasteiger partial charge is 0.143 e. The number of halogens is 1. The van der Waals surface area contributed by atoms with Crippen molar-refractivity contribution >= 4 is 0 Å². The highest BCUT2D eigenvalue weighted by atomic mass is 19.1. The Hall–Kier alpha value is -1.25. The van der Waals surface area contributed by atoms with Crippen LogP contribution < -0.4 is 11.5 Å². The molecule has 56 valence electrons. The van der Waals surface area contributed by atoms with Crippen LogP contribution in [0.25, 0.3) is 0 Å². The first-order valence-electron chi connectivity index (χ1n) is 2.79. The molecule has 0 aliphatic heterocycles. The van der Waals surface area contributed by atoms with Crippen LogP contribution in [-0.2, 0) is 0 Å². The third-order valence-electron chi connectivity index (χ3n) is 0.906. The van der Waals surface area contributed by atoms with Gasteiger partial charge in [-0.1, -0.05) is 6.58 Å². The lowest BCUT2D eigenvalue weighted by Gasteiger charge is -1.92. The molecule has 0 atom stereocenters. The Morgan fingerprint density at radius 1 is 1.50 bits per heavy atom. The highest BCUT2D eigenvalue weighted by Crippen LogP contribution is 2.03. The molecular formula is C7H11FN2. The van der Waals surface area contributed by atoms with Gasteiger partial charge in [-0.2, -0.15) is 0 Å². The first kappa shape index (κ1) is 8.75. The lowest BCUT2D eigenvalue weighted by molar-refractivity contribution is 0.651. The van der Waals surface area contributed by atoms with Crippen molar-refractivity contribution in [2.24, 2.45) is 11.5 Å². The lowest BCUT2D eigenvalue weighted by atomic mass is 10.3. The van der Waals surface area contributed by atoms with Crippen LogP contribution in [-0.4, -0.2) is 0 Å². The zero-order chi connectivity index (χ0) is 8.15. The fourth-order valence-electron chi connectivity index (χ4n) is 0.319. The van der Waals surface area contributed by atoms with Crippen molar-refractivity contribution < 1.29 is 4.39 Å². The summed E-state index contributed by atoms with van der Waals surface area (Å²) in [5.74, 6) is -0.516. The summed E-state index contributed by atoms with van der Waals surface area (Å²) in [5, 5.41) is 0. The Morgan fingerprint density at radius 2 is 2.00 bits per heavy atom. The highest BCUT2D eigenvalue weighted by molar-refractivity contribution is 5.24. The van der Waals surface area contributed by atoms with Gasteiger partial charge in [-0.05, 0) is 19.1 Å². The predicted octanol–water partition coefficient (Wildman–Crippen LogP) is 1.17. The monoisotopic (exact) mass is 142 g/mol. The van der Waals surface area contributed by atoms with Crippen LogP contribution in [0.1, 0.15) is 6.92 Å². The summed E-state index contributed by atoms with van der Waals surface area (Å²) in [6.07, 6.45) is 2.48. The van der Waals surface area contributed by atoms with Gasteiger partial charge < -0.3 is 11.5 Å². The van der Waals surface area contributed by atoms with Crippen LogP contribution in [0.15, 0.2) is 36.0 Å². The van der Waals surface area contributed by atoms with E-state index in [9.17, 15) is 4.39 Å². The fourth-order valence-corrected chi connectivity index (χ4v) is 0.319. The van der Waals surface area contributed by atoms with Crippen molar-refractivity contribution in [1.29, 1.82) is 0 Å². The molecular weight excluding hydrogens is 131 g/mol. The molecule has 0 aliphatic rings. The van der Waals surface area contributed by atoms with E-state index in [2.05, 4.69) is 6.58 Å². The van der Waals surface area contributed by atoms with E-state index in [1.54, 1.807) is 0 Å². The molecule has 3 heteroatoms. The largest absolute Gasteiger partial charge is 0.400 e. The first-order valence-corrected chi connectivity index (χ1v) is 2.79. The molecule has 0 radical (unpaired) electrons. The SMILES string of the molecule is C=C/C(N)=C\C(F)=C(/C)N. The van der Waals surface area contributed by atoms with Crippen molar-refractivity contribution in [3.05, 3.63) is 36.0 Å². The van der Waals surface area contributed by atoms with E-state index in [1.165, 1.54) is 13.0 Å². The highest BCUT2D eigenvalue weighted by Gasteiger charge is 1.92. The number of rotatable bonds is 2. The zero-order valence-corrected chi connectivity index (χ0v) is 5.89. The first-order chi connectivity index (χ1) is 4.57. The van der Waals surface area contributed by atoms with Gasteiger partial charge in [0.2, 0.25) is 0 Å². The Morgan fingerprint density at radius 3 is 2.30 bits per heavy atom. The normalized spacial score (nSPS) is 14.4. The summed E-state index contributed by atoms with van der Waals surface area (Å²) in [5.41, 5.74) is 10.7. The number of allylic oxidation sites excluding steroid dienone is 4. The van der Waals surface area contributed by atoms with Crippen LogP contribution in [0.5, 0.6) is 0 Å². The molecule has 0 saturated heterocycles. The van der Waals surface area contributed by atoms with Gasteiger partial charge in [0.15, 0.2) is 0 Å². The molecule has 0 unspecified atom stereocenters. The predicted molar refractivity (Wildman–Crippen MR) is 40.5 cm³/mol. The van der Waals surface area contributed by atoms with E-state index in [0.717, 1.165) is 6.08 Å². The molecule has 0 aromatic carbocycles. The number of hydrogen-bond donors (Lipinski definition) is 2. The standard InChI is InChI=1S/C7H11FN2/c1-3-6(10)4-7(8)5(2)9/h3-4H,1,9-10H2,2H3/b6-4+,7-5-. The molecule has 0 aromatic rings. The van der Waals surface area contributed by atoms with E-state index in [4.69, 9.17) is 11.5 Å². The topological polar surface area (TPSA) is 52.0 Å². The summed E-state index contributed by atoms with van der Waals surface area (Å²) in [7, 11) is 0. The molecule has 0 spiro atoms. The zero-order valence-electron chi connectivity index (χ0n) is 5.89. The van der Waals surface area contributed by atoms with Crippen molar-refractivity contribution in [1.82, 2.24) is 0 Å². The summed E-state index contributed by atoms with van der Waals surface area (Å²) in [6, 6.07) is 0. The molecule has 0 aliphatic carbocycles. The minimum Gasteiger partial charge on any atom is -0.400 e. The van der Waals surface area contributed by atoms with Gasteiger partial charge in [0.25, 0.3) is 0 Å². The van der Waals surface area contributed by atoms with Gasteiger partial charge in [0.1, 0.15) is 5.83 Å². The van der Waals surface area contributed by atoms with E-state index in [-0.39, 0.29) is 11.4 Å². The average Bonchev–Trinajstić information content (AvgIpc) is 1.87. The molecule has 4 N–H and O–H groups in total. The molecule has 0 saturated carbocycles. The molecule has 0 bridgehead atoms. The average molecular weight is 142 g/mol. The molecule has 0 amide bonds. The Kier molecular flexibility index (Phi) is 3.25. The van der Waals surface area contributed by atoms with Crippen molar-refractivity contribution in [3.63, 3.8) is 0 Å². The van der Waals surface area contributed by atoms with Crippen LogP contribution in [0, 0.1) is 0 Å². The van der Waals surface area contributed by atoms with E-state index in [1.807, 2.05) is 0 Å². The molecule has 0 aromatic heterocycles. The maximum atomic E-state index is 12.5. The van der Waals surface area contributed by atoms with Crippen LogP contribution in [0.3, 0.4) is 0 Å². The van der Waals surface area contributed by atoms with Crippen molar-refractivity contribution in [2.75, 3.05) is 0 Å². The van der Waals surface area contributed by atoms with Gasteiger partial charge >= 0.3 is 0 Å². The van der Waals surface area contributed by atoms with Gasteiger partial charge in [-0.3, -0.25) is 0 Å². The Labute approximate surface area is 59.7 Å². The summed E-state index contributed by atoms with van der Waals surface area (Å²) < 4.78 is 12.5. The molecule has 2 nitrogen and oxygen atoms in total. The van der Waals surface area contributed by atoms with Gasteiger partial charge in [-0.25, -0.2) is 4.39 Å². The summed E-state index contributed by atoms with van der Waals surface area (Å²) in [6.45, 7) is 4.81. The van der Waals surface area contributed by atoms with Crippen LogP contribution >= 0.6 is 0 Å². The minimum atomic E-state index is -0.516. The van der Waals surface area contributed by atoms with Crippen molar-refractivity contribution in [2.45, 2.75) is 6.92 Å². The fraction of sp³-hybridized carbons (Fsp3) is 0.143. The second-order valence-corrected chi connectivity index (χ2v) is 1.88. The summed E-state index contributed by atoms with van der Waals surface area (Å²) in [4.78, 5) is 0. The van der Waals surface area contributed by atoms with Gasteiger partial charge in [0, 0.05) is 11.4 Å². The molecule has 0 heterocycles. The molecule has 10 heavy (non-hydrogen) atoms. The Balaban J connectivity index is 4.42. The number of hydrogen-bond acceptors (Lipinski definition) is 2. The van der Waals surface area contributed by atoms with Crippen LogP contribution in [0.2, 0.25) is 0 Å². The molecule has 0 fully saturated rings. The summed E-state index contributed by atoms with van der Waals surface area (Å²) >= 11 is 0. The third-order valence-corrected chi connectivity index (χ3v) is 0.906. The van der Waals surface area contributed by atoms with E-state index < -0.39 is 5.83 Å².